The molecule has 0 unspecified atom stereocenters. The number of nitrogens with two attached hydrogens (primary N) is 1. The molecule has 184 valence electrons. The molecule has 0 bridgehead atoms. The molecule has 0 radical (unpaired) electrons. The van der Waals surface area contributed by atoms with Crippen LogP contribution in [-0.4, -0.2) is 21.0 Å². The largest absolute Gasteiger partial charge is 0.424 e. The van der Waals surface area contributed by atoms with E-state index in [0.717, 1.165) is 5.56 Å². The predicted molar refractivity (Wildman–Crippen MR) is 125 cm³/mol. The Balaban J connectivity index is 1.38. The summed E-state index contributed by atoms with van der Waals surface area (Å²) >= 11 is 5.97. The van der Waals surface area contributed by atoms with E-state index in [9.17, 15) is 22.4 Å². The maximum Gasteiger partial charge on any atom is 0.416 e. The number of ether oxygens (including phenoxy) is 1. The lowest BCUT2D eigenvalue weighted by Gasteiger charge is -2.12. The molecule has 4 rings (SSSR count). The van der Waals surface area contributed by atoms with Crippen LogP contribution < -0.4 is 21.1 Å². The SMILES string of the molecule is Nc1ncc(Cl)cc1-c1ccc(Oc2ncc(NC(=O)Nc3cc(C(F)(F)F)ccc3F)cn2)cc1. The molecular formula is C23H15ClF4N6O2. The lowest BCUT2D eigenvalue weighted by atomic mass is 10.1. The summed E-state index contributed by atoms with van der Waals surface area (Å²) in [6.45, 7) is 0. The van der Waals surface area contributed by atoms with Crippen molar-refractivity contribution in [2.75, 3.05) is 16.4 Å². The number of carbonyl (C=O) groups is 1. The Bertz CT molecular complexity index is 1400. The van der Waals surface area contributed by atoms with Crippen LogP contribution in [-0.2, 0) is 6.18 Å². The Hall–Kier alpha value is -4.45. The molecule has 2 amide bonds. The van der Waals surface area contributed by atoms with Crippen molar-refractivity contribution in [2.45, 2.75) is 6.18 Å². The number of nitrogens with one attached hydrogen (secondary N) is 2. The van der Waals surface area contributed by atoms with E-state index in [1.807, 2.05) is 5.32 Å². The van der Waals surface area contributed by atoms with Gasteiger partial charge < -0.3 is 21.1 Å². The number of nitrogen functional groups attached to an aromatic ring is 1. The number of pyridine rings is 1. The van der Waals surface area contributed by atoms with E-state index in [-0.39, 0.29) is 11.7 Å². The molecule has 2 aromatic heterocycles. The number of anilines is 3. The van der Waals surface area contributed by atoms with Crippen LogP contribution in [0.1, 0.15) is 5.56 Å². The summed E-state index contributed by atoms with van der Waals surface area (Å²) in [7, 11) is 0. The second-order valence-electron chi connectivity index (χ2n) is 7.24. The topological polar surface area (TPSA) is 115 Å². The van der Waals surface area contributed by atoms with Gasteiger partial charge in [-0.15, -0.1) is 0 Å². The van der Waals surface area contributed by atoms with Crippen molar-refractivity contribution in [1.82, 2.24) is 15.0 Å². The third kappa shape index (κ3) is 5.96. The number of hydrogen-bond acceptors (Lipinski definition) is 6. The monoisotopic (exact) mass is 518 g/mol. The van der Waals surface area contributed by atoms with Gasteiger partial charge in [0.1, 0.15) is 17.4 Å². The van der Waals surface area contributed by atoms with Gasteiger partial charge in [-0.1, -0.05) is 23.7 Å². The number of halogens is 5. The summed E-state index contributed by atoms with van der Waals surface area (Å²) in [6, 6.07) is 9.13. The van der Waals surface area contributed by atoms with Gasteiger partial charge in [-0.2, -0.15) is 13.2 Å². The molecule has 2 heterocycles. The maximum atomic E-state index is 13.8. The first-order valence-corrected chi connectivity index (χ1v) is 10.4. The Morgan fingerprint density at radius 1 is 0.944 bits per heavy atom. The van der Waals surface area contributed by atoms with Gasteiger partial charge in [0.15, 0.2) is 0 Å². The molecule has 0 aliphatic heterocycles. The van der Waals surface area contributed by atoms with Gasteiger partial charge in [-0.25, -0.2) is 24.1 Å². The normalized spacial score (nSPS) is 11.1. The Labute approximate surface area is 206 Å². The van der Waals surface area contributed by atoms with Crippen molar-refractivity contribution in [3.05, 3.63) is 83.5 Å². The van der Waals surface area contributed by atoms with E-state index in [1.165, 1.54) is 18.6 Å². The summed E-state index contributed by atoms with van der Waals surface area (Å²) in [4.78, 5) is 24.0. The quantitative estimate of drug-likeness (QED) is 0.264. The minimum atomic E-state index is -4.69. The van der Waals surface area contributed by atoms with Crippen molar-refractivity contribution in [3.63, 3.8) is 0 Å². The highest BCUT2D eigenvalue weighted by molar-refractivity contribution is 6.30. The molecule has 0 saturated heterocycles. The number of alkyl halides is 3. The van der Waals surface area contributed by atoms with E-state index in [4.69, 9.17) is 22.1 Å². The molecule has 4 aromatic rings. The van der Waals surface area contributed by atoms with Crippen molar-refractivity contribution in [3.8, 4) is 22.9 Å². The first-order chi connectivity index (χ1) is 17.1. The molecule has 0 fully saturated rings. The van der Waals surface area contributed by atoms with Crippen molar-refractivity contribution in [1.29, 1.82) is 0 Å². The van der Waals surface area contributed by atoms with Crippen LogP contribution in [0, 0.1) is 5.82 Å². The zero-order valence-electron chi connectivity index (χ0n) is 18.0. The Morgan fingerprint density at radius 3 is 2.31 bits per heavy atom. The minimum absolute atomic E-state index is 0.0402. The lowest BCUT2D eigenvalue weighted by molar-refractivity contribution is -0.137. The highest BCUT2D eigenvalue weighted by Crippen LogP contribution is 2.32. The fraction of sp³-hybridized carbons (Fsp3) is 0.0435. The van der Waals surface area contributed by atoms with Gasteiger partial charge in [0, 0.05) is 11.8 Å². The van der Waals surface area contributed by atoms with E-state index < -0.39 is 29.3 Å². The third-order valence-corrected chi connectivity index (χ3v) is 4.89. The minimum Gasteiger partial charge on any atom is -0.424 e. The molecule has 4 N–H and O–H groups in total. The average Bonchev–Trinajstić information content (AvgIpc) is 2.83. The van der Waals surface area contributed by atoms with Gasteiger partial charge in [0.2, 0.25) is 0 Å². The molecule has 0 spiro atoms. The van der Waals surface area contributed by atoms with E-state index >= 15 is 0 Å². The van der Waals surface area contributed by atoms with Crippen LogP contribution in [0.4, 0.5) is 39.5 Å². The number of carbonyl (C=O) groups excluding carboxylic acids is 1. The van der Waals surface area contributed by atoms with Gasteiger partial charge in [0.25, 0.3) is 0 Å². The Morgan fingerprint density at radius 2 is 1.64 bits per heavy atom. The molecular weight excluding hydrogens is 504 g/mol. The second kappa shape index (κ2) is 10.0. The first-order valence-electron chi connectivity index (χ1n) is 10.0. The van der Waals surface area contributed by atoms with E-state index in [2.05, 4.69) is 20.3 Å². The summed E-state index contributed by atoms with van der Waals surface area (Å²) in [5.41, 5.74) is 5.65. The zero-order chi connectivity index (χ0) is 25.9. The van der Waals surface area contributed by atoms with Crippen LogP contribution in [0.15, 0.2) is 67.1 Å². The molecule has 0 aliphatic rings. The van der Waals surface area contributed by atoms with Crippen molar-refractivity contribution >= 4 is 34.8 Å². The number of nitrogens with zero attached hydrogens (tertiary/aromatic N) is 3. The van der Waals surface area contributed by atoms with Crippen molar-refractivity contribution < 1.29 is 27.1 Å². The molecule has 0 atom stereocenters. The summed E-state index contributed by atoms with van der Waals surface area (Å²) < 4.78 is 57.8. The van der Waals surface area contributed by atoms with Crippen LogP contribution in [0.3, 0.4) is 0 Å². The highest BCUT2D eigenvalue weighted by atomic mass is 35.5. The number of rotatable bonds is 5. The van der Waals surface area contributed by atoms with Gasteiger partial charge in [0.05, 0.1) is 34.4 Å². The summed E-state index contributed by atoms with van der Waals surface area (Å²) in [5, 5.41) is 4.75. The van der Waals surface area contributed by atoms with Gasteiger partial charge >= 0.3 is 18.2 Å². The smallest absolute Gasteiger partial charge is 0.416 e. The number of benzene rings is 2. The third-order valence-electron chi connectivity index (χ3n) is 4.69. The number of urea groups is 1. The van der Waals surface area contributed by atoms with E-state index in [0.29, 0.717) is 40.4 Å². The van der Waals surface area contributed by atoms with E-state index in [1.54, 1.807) is 30.3 Å². The molecule has 0 saturated carbocycles. The van der Waals surface area contributed by atoms with Crippen molar-refractivity contribution in [2.24, 2.45) is 0 Å². The van der Waals surface area contributed by atoms with Crippen LogP contribution in [0.2, 0.25) is 5.02 Å². The fourth-order valence-electron chi connectivity index (χ4n) is 3.00. The standard InChI is InChI=1S/C23H15ClF4N6O2/c24-14-8-17(20(29)30-9-14)12-1-4-16(5-2-12)36-22-31-10-15(11-32-22)33-21(35)34-19-7-13(23(26,27)28)3-6-18(19)25/h1-11H,(H2,29,30)(H2,33,34,35). The molecule has 2 aromatic carbocycles. The van der Waals surface area contributed by atoms with Gasteiger partial charge in [-0.3, -0.25) is 0 Å². The van der Waals surface area contributed by atoms with Crippen LogP contribution in [0.25, 0.3) is 11.1 Å². The van der Waals surface area contributed by atoms with Crippen LogP contribution in [0.5, 0.6) is 11.8 Å². The number of aromatic nitrogens is 3. The average molecular weight is 519 g/mol. The highest BCUT2D eigenvalue weighted by Gasteiger charge is 2.31. The van der Waals surface area contributed by atoms with Crippen LogP contribution >= 0.6 is 11.6 Å². The summed E-state index contributed by atoms with van der Waals surface area (Å²) in [6.07, 6.45) is -0.834. The number of amides is 2. The maximum absolute atomic E-state index is 13.8. The number of hydrogen-bond donors (Lipinski definition) is 3. The lowest BCUT2D eigenvalue weighted by Crippen LogP contribution is -2.21. The Kier molecular flexibility index (Phi) is 6.88. The molecule has 8 nitrogen and oxygen atoms in total. The zero-order valence-corrected chi connectivity index (χ0v) is 18.7. The molecule has 13 heteroatoms. The first kappa shape index (κ1) is 24.7. The summed E-state index contributed by atoms with van der Waals surface area (Å²) in [5.74, 6) is -0.302. The molecule has 36 heavy (non-hydrogen) atoms. The fourth-order valence-corrected chi connectivity index (χ4v) is 3.16. The van der Waals surface area contributed by atoms with Gasteiger partial charge in [-0.05, 0) is 42.0 Å². The second-order valence-corrected chi connectivity index (χ2v) is 7.68. The molecule has 0 aliphatic carbocycles. The predicted octanol–water partition coefficient (Wildman–Crippen LogP) is 6.37.